The molecular formula is C17H19FN2O2S. The molecule has 2 aromatic rings. The number of carbonyl (C=O) groups excluding carboxylic acids is 1. The Bertz CT molecular complexity index is 663. The number of benzene rings is 1. The largest absolute Gasteiger partial charge is 0.395 e. The molecule has 6 heteroatoms. The van der Waals surface area contributed by atoms with Crippen LogP contribution in [-0.4, -0.2) is 60.1 Å². The number of hydrogen-bond acceptors (Lipinski definition) is 4. The minimum absolute atomic E-state index is 0.0482. The van der Waals surface area contributed by atoms with Crippen LogP contribution in [-0.2, 0) is 0 Å². The number of aliphatic hydroxyl groups excluding tert-OH is 1. The highest BCUT2D eigenvalue weighted by atomic mass is 32.1. The molecule has 3 rings (SSSR count). The van der Waals surface area contributed by atoms with Crippen LogP contribution in [0, 0.1) is 5.82 Å². The minimum atomic E-state index is -0.262. The third-order valence-corrected chi connectivity index (χ3v) is 5.14. The number of thiophene rings is 1. The molecule has 0 bridgehead atoms. The molecule has 1 aromatic heterocycles. The van der Waals surface area contributed by atoms with Gasteiger partial charge < -0.3 is 10.0 Å². The number of hydrogen-bond donors (Lipinski definition) is 1. The molecule has 0 saturated carbocycles. The van der Waals surface area contributed by atoms with Gasteiger partial charge in [0, 0.05) is 37.6 Å². The van der Waals surface area contributed by atoms with Crippen LogP contribution in [0.15, 0.2) is 36.4 Å². The zero-order valence-corrected chi connectivity index (χ0v) is 13.6. The van der Waals surface area contributed by atoms with Crippen LogP contribution < -0.4 is 0 Å². The summed E-state index contributed by atoms with van der Waals surface area (Å²) in [6.45, 7) is 3.77. The first-order valence-electron chi connectivity index (χ1n) is 7.65. The van der Waals surface area contributed by atoms with Crippen molar-refractivity contribution >= 4 is 17.2 Å². The third kappa shape index (κ3) is 3.77. The summed E-state index contributed by atoms with van der Waals surface area (Å²) in [5.41, 5.74) is 0.920. The van der Waals surface area contributed by atoms with Crippen LogP contribution in [0.5, 0.6) is 0 Å². The molecule has 2 heterocycles. The zero-order chi connectivity index (χ0) is 16.2. The predicted molar refractivity (Wildman–Crippen MR) is 89.1 cm³/mol. The van der Waals surface area contributed by atoms with Gasteiger partial charge >= 0.3 is 0 Å². The first kappa shape index (κ1) is 16.1. The quantitative estimate of drug-likeness (QED) is 0.933. The van der Waals surface area contributed by atoms with E-state index in [4.69, 9.17) is 5.11 Å². The SMILES string of the molecule is O=C(c1ccc(-c2ccc(F)cc2)s1)N1CCN(CCO)CC1. The van der Waals surface area contributed by atoms with Crippen molar-refractivity contribution in [2.45, 2.75) is 0 Å². The lowest BCUT2D eigenvalue weighted by molar-refractivity contribution is 0.0619. The van der Waals surface area contributed by atoms with E-state index in [-0.39, 0.29) is 18.3 Å². The van der Waals surface area contributed by atoms with E-state index in [2.05, 4.69) is 4.90 Å². The minimum Gasteiger partial charge on any atom is -0.395 e. The maximum Gasteiger partial charge on any atom is 0.264 e. The molecule has 1 N–H and O–H groups in total. The van der Waals surface area contributed by atoms with Gasteiger partial charge in [-0.05, 0) is 29.8 Å². The van der Waals surface area contributed by atoms with Crippen molar-refractivity contribution < 1.29 is 14.3 Å². The first-order chi connectivity index (χ1) is 11.2. The van der Waals surface area contributed by atoms with Crippen LogP contribution in [0.1, 0.15) is 9.67 Å². The highest BCUT2D eigenvalue weighted by Crippen LogP contribution is 2.29. The van der Waals surface area contributed by atoms with Gasteiger partial charge in [-0.3, -0.25) is 9.69 Å². The van der Waals surface area contributed by atoms with Crippen LogP contribution in [0.25, 0.3) is 10.4 Å². The summed E-state index contributed by atoms with van der Waals surface area (Å²) in [7, 11) is 0. The summed E-state index contributed by atoms with van der Waals surface area (Å²) < 4.78 is 13.0. The van der Waals surface area contributed by atoms with Crippen LogP contribution in [0.2, 0.25) is 0 Å². The average Bonchev–Trinajstić information content (AvgIpc) is 3.06. The Kier molecular flexibility index (Phi) is 5.05. The maximum atomic E-state index is 13.0. The Hall–Kier alpha value is -1.76. The summed E-state index contributed by atoms with van der Waals surface area (Å²) in [5, 5.41) is 8.96. The van der Waals surface area contributed by atoms with Crippen molar-refractivity contribution in [2.24, 2.45) is 0 Å². The number of nitrogens with zero attached hydrogens (tertiary/aromatic N) is 2. The van der Waals surface area contributed by atoms with Crippen LogP contribution >= 0.6 is 11.3 Å². The number of rotatable bonds is 4. The van der Waals surface area contributed by atoms with Crippen molar-refractivity contribution in [3.8, 4) is 10.4 Å². The van der Waals surface area contributed by atoms with Crippen molar-refractivity contribution in [1.82, 2.24) is 9.80 Å². The molecule has 1 aromatic carbocycles. The number of β-amino-alcohol motifs (C(OH)–C–C–N with tert-alkyl or cyclic N) is 1. The summed E-state index contributed by atoms with van der Waals surface area (Å²) >= 11 is 1.44. The molecule has 0 aliphatic carbocycles. The highest BCUT2D eigenvalue weighted by Gasteiger charge is 2.23. The Balaban J connectivity index is 1.66. The molecule has 4 nitrogen and oxygen atoms in total. The van der Waals surface area contributed by atoms with E-state index in [0.717, 1.165) is 23.5 Å². The third-order valence-electron chi connectivity index (χ3n) is 4.02. The average molecular weight is 334 g/mol. The Labute approximate surface area is 138 Å². The summed E-state index contributed by atoms with van der Waals surface area (Å²) in [4.78, 5) is 18.3. The van der Waals surface area contributed by atoms with Gasteiger partial charge in [-0.15, -0.1) is 11.3 Å². The number of aliphatic hydroxyl groups is 1. The van der Waals surface area contributed by atoms with Gasteiger partial charge in [-0.25, -0.2) is 4.39 Å². The number of carbonyl (C=O) groups is 1. The van der Waals surface area contributed by atoms with E-state index in [1.165, 1.54) is 23.5 Å². The second-order valence-corrected chi connectivity index (χ2v) is 6.61. The van der Waals surface area contributed by atoms with Crippen molar-refractivity contribution in [3.05, 3.63) is 47.1 Å². The molecule has 0 spiro atoms. The molecule has 0 unspecified atom stereocenters. The maximum absolute atomic E-state index is 13.0. The molecule has 0 atom stereocenters. The number of halogens is 1. The Morgan fingerprint density at radius 3 is 2.43 bits per heavy atom. The van der Waals surface area contributed by atoms with Crippen molar-refractivity contribution in [1.29, 1.82) is 0 Å². The lowest BCUT2D eigenvalue weighted by atomic mass is 10.2. The molecule has 122 valence electrons. The predicted octanol–water partition coefficient (Wildman–Crippen LogP) is 2.30. The van der Waals surface area contributed by atoms with Gasteiger partial charge in [-0.2, -0.15) is 0 Å². The van der Waals surface area contributed by atoms with Gasteiger partial charge in [0.15, 0.2) is 0 Å². The molecule has 1 aliphatic heterocycles. The molecule has 23 heavy (non-hydrogen) atoms. The summed E-state index contributed by atoms with van der Waals surface area (Å²) in [6.07, 6.45) is 0. The number of amides is 1. The number of piperazine rings is 1. The van der Waals surface area contributed by atoms with Crippen molar-refractivity contribution in [2.75, 3.05) is 39.3 Å². The van der Waals surface area contributed by atoms with Crippen LogP contribution in [0.4, 0.5) is 4.39 Å². The lowest BCUT2D eigenvalue weighted by Gasteiger charge is -2.34. The van der Waals surface area contributed by atoms with E-state index in [1.807, 2.05) is 17.0 Å². The standard InChI is InChI=1S/C17H19FN2O2S/c18-14-3-1-13(2-4-14)15-5-6-16(23-15)17(22)20-9-7-19(8-10-20)11-12-21/h1-6,21H,7-12H2. The van der Waals surface area contributed by atoms with Crippen LogP contribution in [0.3, 0.4) is 0 Å². The van der Waals surface area contributed by atoms with Gasteiger partial charge in [0.1, 0.15) is 5.82 Å². The first-order valence-corrected chi connectivity index (χ1v) is 8.47. The molecule has 1 aliphatic rings. The van der Waals surface area contributed by atoms with E-state index in [1.54, 1.807) is 12.1 Å². The molecule has 0 radical (unpaired) electrons. The van der Waals surface area contributed by atoms with Crippen molar-refractivity contribution in [3.63, 3.8) is 0 Å². The van der Waals surface area contributed by atoms with Gasteiger partial charge in [0.05, 0.1) is 11.5 Å². The fourth-order valence-corrected chi connectivity index (χ4v) is 3.67. The molecular weight excluding hydrogens is 315 g/mol. The van der Waals surface area contributed by atoms with E-state index >= 15 is 0 Å². The monoisotopic (exact) mass is 334 g/mol. The second-order valence-electron chi connectivity index (χ2n) is 5.53. The molecule has 1 fully saturated rings. The molecule has 1 amide bonds. The highest BCUT2D eigenvalue weighted by molar-refractivity contribution is 7.17. The normalized spacial score (nSPS) is 15.8. The second kappa shape index (κ2) is 7.21. The van der Waals surface area contributed by atoms with E-state index in [9.17, 15) is 9.18 Å². The topological polar surface area (TPSA) is 43.8 Å². The summed E-state index contributed by atoms with van der Waals surface area (Å²) in [6, 6.07) is 10.1. The summed E-state index contributed by atoms with van der Waals surface area (Å²) in [5.74, 6) is -0.214. The van der Waals surface area contributed by atoms with E-state index in [0.29, 0.717) is 24.5 Å². The smallest absolute Gasteiger partial charge is 0.264 e. The van der Waals surface area contributed by atoms with Gasteiger partial charge in [-0.1, -0.05) is 12.1 Å². The Morgan fingerprint density at radius 1 is 1.09 bits per heavy atom. The fraction of sp³-hybridized carbons (Fsp3) is 0.353. The lowest BCUT2D eigenvalue weighted by Crippen LogP contribution is -2.49. The fourth-order valence-electron chi connectivity index (χ4n) is 2.69. The van der Waals surface area contributed by atoms with E-state index < -0.39 is 0 Å². The molecule has 1 saturated heterocycles. The van der Waals surface area contributed by atoms with Gasteiger partial charge in [0.2, 0.25) is 0 Å². The Morgan fingerprint density at radius 2 is 1.78 bits per heavy atom. The zero-order valence-electron chi connectivity index (χ0n) is 12.7. The van der Waals surface area contributed by atoms with Gasteiger partial charge in [0.25, 0.3) is 5.91 Å².